The summed E-state index contributed by atoms with van der Waals surface area (Å²) in [5.41, 5.74) is 0.129. The van der Waals surface area contributed by atoms with Crippen LogP contribution in [-0.2, 0) is 4.79 Å². The average molecular weight is 183 g/mol. The molecule has 0 aliphatic carbocycles. The second-order valence-electron chi connectivity index (χ2n) is 5.28. The highest BCUT2D eigenvalue weighted by molar-refractivity contribution is 5.83. The molecular formula is C11H21NO. The molecule has 1 aliphatic rings. The van der Waals surface area contributed by atoms with E-state index in [9.17, 15) is 4.79 Å². The van der Waals surface area contributed by atoms with Crippen molar-refractivity contribution in [3.8, 4) is 0 Å². The molecule has 0 saturated carbocycles. The van der Waals surface area contributed by atoms with Crippen LogP contribution in [0.2, 0.25) is 0 Å². The van der Waals surface area contributed by atoms with Crippen molar-refractivity contribution in [1.82, 2.24) is 4.90 Å². The van der Waals surface area contributed by atoms with Crippen molar-refractivity contribution in [2.24, 2.45) is 11.8 Å². The van der Waals surface area contributed by atoms with Gasteiger partial charge in [0.05, 0.1) is 6.54 Å². The van der Waals surface area contributed by atoms with E-state index in [-0.39, 0.29) is 11.5 Å². The number of carbonyl (C=O) groups excluding carboxylic acids is 1. The van der Waals surface area contributed by atoms with E-state index in [1.807, 2.05) is 6.92 Å². The van der Waals surface area contributed by atoms with Crippen LogP contribution in [0.3, 0.4) is 0 Å². The van der Waals surface area contributed by atoms with Gasteiger partial charge in [-0.15, -0.1) is 0 Å². The number of likely N-dealkylation sites (tertiary alicyclic amines) is 1. The van der Waals surface area contributed by atoms with Crippen molar-refractivity contribution < 1.29 is 4.79 Å². The largest absolute Gasteiger partial charge is 0.298 e. The lowest BCUT2D eigenvalue weighted by molar-refractivity contribution is -0.130. The fourth-order valence-corrected chi connectivity index (χ4v) is 1.73. The second kappa shape index (κ2) is 3.41. The normalized spacial score (nSPS) is 32.2. The van der Waals surface area contributed by atoms with Gasteiger partial charge >= 0.3 is 0 Å². The minimum absolute atomic E-state index is 0.129. The van der Waals surface area contributed by atoms with Gasteiger partial charge in [-0.2, -0.15) is 0 Å². The molecule has 76 valence electrons. The van der Waals surface area contributed by atoms with Gasteiger partial charge in [-0.05, 0) is 26.7 Å². The summed E-state index contributed by atoms with van der Waals surface area (Å²) < 4.78 is 0. The Bertz CT molecular complexity index is 205. The molecule has 0 spiro atoms. The summed E-state index contributed by atoms with van der Waals surface area (Å²) in [6.07, 6.45) is 0. The predicted molar refractivity (Wildman–Crippen MR) is 54.7 cm³/mol. The first-order chi connectivity index (χ1) is 5.82. The van der Waals surface area contributed by atoms with Crippen molar-refractivity contribution in [3.05, 3.63) is 0 Å². The van der Waals surface area contributed by atoms with Gasteiger partial charge in [-0.1, -0.05) is 13.8 Å². The van der Waals surface area contributed by atoms with Crippen LogP contribution in [0.25, 0.3) is 0 Å². The predicted octanol–water partition coefficient (Wildman–Crippen LogP) is 1.94. The van der Waals surface area contributed by atoms with Gasteiger partial charge in [0.2, 0.25) is 0 Å². The highest BCUT2D eigenvalue weighted by Gasteiger charge is 2.34. The molecule has 2 heteroatoms. The molecule has 0 aromatic rings. The van der Waals surface area contributed by atoms with Gasteiger partial charge in [0.25, 0.3) is 0 Å². The fraction of sp³-hybridized carbons (Fsp3) is 0.909. The zero-order valence-electron chi connectivity index (χ0n) is 9.42. The van der Waals surface area contributed by atoms with E-state index in [1.54, 1.807) is 0 Å². The first-order valence-electron chi connectivity index (χ1n) is 5.10. The molecule has 1 rings (SSSR count). The van der Waals surface area contributed by atoms with Crippen LogP contribution in [0.4, 0.5) is 0 Å². The Morgan fingerprint density at radius 3 is 2.23 bits per heavy atom. The molecule has 0 N–H and O–H groups in total. The summed E-state index contributed by atoms with van der Waals surface area (Å²) in [6, 6.07) is 0. The first kappa shape index (κ1) is 10.7. The van der Waals surface area contributed by atoms with Crippen molar-refractivity contribution in [1.29, 1.82) is 0 Å². The molecule has 0 aromatic carbocycles. The number of rotatable bonds is 0. The lowest BCUT2D eigenvalue weighted by atomic mass is 9.85. The highest BCUT2D eigenvalue weighted by Crippen LogP contribution is 2.25. The van der Waals surface area contributed by atoms with Crippen molar-refractivity contribution in [2.75, 3.05) is 13.1 Å². The Morgan fingerprint density at radius 2 is 1.85 bits per heavy atom. The van der Waals surface area contributed by atoms with Gasteiger partial charge in [0, 0.05) is 18.0 Å². The van der Waals surface area contributed by atoms with E-state index >= 15 is 0 Å². The minimum Gasteiger partial charge on any atom is -0.298 e. The first-order valence-corrected chi connectivity index (χ1v) is 5.10. The quantitative estimate of drug-likeness (QED) is 0.572. The minimum atomic E-state index is 0.129. The second-order valence-corrected chi connectivity index (χ2v) is 5.28. The Labute approximate surface area is 81.3 Å². The molecule has 2 nitrogen and oxygen atoms in total. The molecule has 0 radical (unpaired) electrons. The summed E-state index contributed by atoms with van der Waals surface area (Å²) in [5, 5.41) is 0. The summed E-state index contributed by atoms with van der Waals surface area (Å²) in [6.45, 7) is 12.4. The number of piperidine rings is 1. The summed E-state index contributed by atoms with van der Waals surface area (Å²) in [7, 11) is 0. The third-order valence-corrected chi connectivity index (χ3v) is 3.17. The van der Waals surface area contributed by atoms with E-state index in [0.29, 0.717) is 18.2 Å². The Balaban J connectivity index is 2.69. The molecule has 1 fully saturated rings. The van der Waals surface area contributed by atoms with E-state index < -0.39 is 0 Å². The van der Waals surface area contributed by atoms with Crippen molar-refractivity contribution in [2.45, 2.75) is 40.2 Å². The van der Waals surface area contributed by atoms with Crippen LogP contribution in [-0.4, -0.2) is 29.3 Å². The number of hydrogen-bond donors (Lipinski definition) is 0. The lowest BCUT2D eigenvalue weighted by Gasteiger charge is -2.42. The zero-order chi connectivity index (χ0) is 10.2. The Hall–Kier alpha value is -0.370. The topological polar surface area (TPSA) is 20.3 Å². The van der Waals surface area contributed by atoms with Crippen LogP contribution >= 0.6 is 0 Å². The van der Waals surface area contributed by atoms with E-state index in [1.165, 1.54) is 0 Å². The summed E-state index contributed by atoms with van der Waals surface area (Å²) in [4.78, 5) is 13.9. The molecule has 13 heavy (non-hydrogen) atoms. The lowest BCUT2D eigenvalue weighted by Crippen LogP contribution is -2.52. The maximum Gasteiger partial charge on any atom is 0.149 e. The van der Waals surface area contributed by atoms with Gasteiger partial charge in [-0.25, -0.2) is 0 Å². The molecule has 1 aliphatic heterocycles. The SMILES string of the molecule is C[C@@H]1CN(C(C)(C)C)CC(=O)[C@H]1C. The fourth-order valence-electron chi connectivity index (χ4n) is 1.73. The van der Waals surface area contributed by atoms with Gasteiger partial charge in [-0.3, -0.25) is 9.69 Å². The Kier molecular flexibility index (Phi) is 2.81. The summed E-state index contributed by atoms with van der Waals surface area (Å²) >= 11 is 0. The molecule has 0 bridgehead atoms. The molecule has 0 unspecified atom stereocenters. The average Bonchev–Trinajstić information content (AvgIpc) is 1.97. The number of ketones is 1. The number of Topliss-reactive ketones (excluding diaryl/α,β-unsaturated/α-hetero) is 1. The standard InChI is InChI=1S/C11H21NO/c1-8-6-12(11(3,4)5)7-10(13)9(8)2/h8-9H,6-7H2,1-5H3/t8-,9+/m1/s1. The highest BCUT2D eigenvalue weighted by atomic mass is 16.1. The van der Waals surface area contributed by atoms with E-state index in [0.717, 1.165) is 6.54 Å². The maximum absolute atomic E-state index is 11.6. The van der Waals surface area contributed by atoms with Crippen molar-refractivity contribution in [3.63, 3.8) is 0 Å². The van der Waals surface area contributed by atoms with Crippen LogP contribution in [0.1, 0.15) is 34.6 Å². The molecule has 0 aromatic heterocycles. The van der Waals surface area contributed by atoms with Crippen molar-refractivity contribution >= 4 is 5.78 Å². The Morgan fingerprint density at radius 1 is 1.31 bits per heavy atom. The van der Waals surface area contributed by atoms with Gasteiger partial charge in [0.1, 0.15) is 5.78 Å². The maximum atomic E-state index is 11.6. The van der Waals surface area contributed by atoms with E-state index in [4.69, 9.17) is 0 Å². The zero-order valence-corrected chi connectivity index (χ0v) is 9.42. The van der Waals surface area contributed by atoms with Gasteiger partial charge < -0.3 is 0 Å². The summed E-state index contributed by atoms with van der Waals surface area (Å²) in [5.74, 6) is 1.15. The van der Waals surface area contributed by atoms with E-state index in [2.05, 4.69) is 32.6 Å². The smallest absolute Gasteiger partial charge is 0.149 e. The third kappa shape index (κ3) is 2.31. The molecule has 1 heterocycles. The number of hydrogen-bond acceptors (Lipinski definition) is 2. The molecule has 0 amide bonds. The van der Waals surface area contributed by atoms with Crippen LogP contribution in [0, 0.1) is 11.8 Å². The van der Waals surface area contributed by atoms with Crippen LogP contribution in [0.5, 0.6) is 0 Å². The van der Waals surface area contributed by atoms with Gasteiger partial charge in [0.15, 0.2) is 0 Å². The van der Waals surface area contributed by atoms with Crippen LogP contribution < -0.4 is 0 Å². The molecule has 2 atom stereocenters. The number of nitrogens with zero attached hydrogens (tertiary/aromatic N) is 1. The molecule has 1 saturated heterocycles. The number of carbonyl (C=O) groups is 1. The van der Waals surface area contributed by atoms with Crippen LogP contribution in [0.15, 0.2) is 0 Å². The molecular weight excluding hydrogens is 162 g/mol. The monoisotopic (exact) mass is 183 g/mol. The third-order valence-electron chi connectivity index (χ3n) is 3.17.